The maximum absolute atomic E-state index is 11.6. The summed E-state index contributed by atoms with van der Waals surface area (Å²) in [6.07, 6.45) is 4.87. The third-order valence-corrected chi connectivity index (χ3v) is 3.40. The van der Waals surface area contributed by atoms with Crippen LogP contribution in [-0.2, 0) is 9.53 Å². The molecule has 1 heterocycles. The van der Waals surface area contributed by atoms with Crippen LogP contribution in [0.25, 0.3) is 0 Å². The second-order valence-electron chi connectivity index (χ2n) is 3.98. The summed E-state index contributed by atoms with van der Waals surface area (Å²) in [6.45, 7) is 1.39. The van der Waals surface area contributed by atoms with Crippen LogP contribution in [0, 0.1) is 0 Å². The smallest absolute Gasteiger partial charge is 0.237 e. The molecule has 0 bridgehead atoms. The summed E-state index contributed by atoms with van der Waals surface area (Å²) >= 11 is 5.58. The van der Waals surface area contributed by atoms with Gasteiger partial charge in [0.05, 0.1) is 18.8 Å². The Morgan fingerprint density at radius 1 is 1.43 bits per heavy atom. The highest BCUT2D eigenvalue weighted by Gasteiger charge is 2.36. The topological polar surface area (TPSA) is 29.5 Å². The minimum absolute atomic E-state index is 0.0619. The van der Waals surface area contributed by atoms with Gasteiger partial charge in [-0.15, -0.1) is 11.6 Å². The Labute approximate surface area is 89.4 Å². The van der Waals surface area contributed by atoms with Gasteiger partial charge in [0.2, 0.25) is 5.91 Å². The average molecular weight is 218 g/mol. The Morgan fingerprint density at radius 3 is 3.00 bits per heavy atom. The molecule has 1 saturated carbocycles. The van der Waals surface area contributed by atoms with Gasteiger partial charge < -0.3 is 9.64 Å². The van der Waals surface area contributed by atoms with E-state index in [0.717, 1.165) is 12.8 Å². The predicted octanol–water partition coefficient (Wildman–Crippen LogP) is 1.40. The predicted molar refractivity (Wildman–Crippen MR) is 54.4 cm³/mol. The van der Waals surface area contributed by atoms with Crippen molar-refractivity contribution in [2.24, 2.45) is 0 Å². The Morgan fingerprint density at radius 2 is 2.21 bits per heavy atom. The molecule has 0 aromatic rings. The number of rotatable bonds is 1. The van der Waals surface area contributed by atoms with Crippen molar-refractivity contribution in [3.05, 3.63) is 0 Å². The summed E-state index contributed by atoms with van der Waals surface area (Å²) in [4.78, 5) is 13.5. The number of amides is 1. The minimum atomic E-state index is 0.0619. The first-order valence-electron chi connectivity index (χ1n) is 5.30. The molecule has 0 N–H and O–H groups in total. The van der Waals surface area contributed by atoms with Crippen LogP contribution in [0.3, 0.4) is 0 Å². The van der Waals surface area contributed by atoms with Crippen LogP contribution in [0.1, 0.15) is 25.7 Å². The van der Waals surface area contributed by atoms with Crippen molar-refractivity contribution in [3.63, 3.8) is 0 Å². The molecule has 0 spiro atoms. The van der Waals surface area contributed by atoms with Crippen LogP contribution in [0.4, 0.5) is 0 Å². The lowest BCUT2D eigenvalue weighted by Crippen LogP contribution is -2.55. The van der Waals surface area contributed by atoms with Crippen LogP contribution in [0.15, 0.2) is 0 Å². The molecule has 2 fully saturated rings. The van der Waals surface area contributed by atoms with Crippen LogP contribution in [-0.4, -0.2) is 42.0 Å². The summed E-state index contributed by atoms with van der Waals surface area (Å²) < 4.78 is 5.67. The lowest BCUT2D eigenvalue weighted by atomic mass is 9.90. The normalized spacial score (nSPS) is 32.5. The summed E-state index contributed by atoms with van der Waals surface area (Å²) in [7, 11) is 0. The van der Waals surface area contributed by atoms with Gasteiger partial charge in [-0.1, -0.05) is 12.8 Å². The van der Waals surface area contributed by atoms with Crippen LogP contribution < -0.4 is 0 Å². The number of carbonyl (C=O) groups excluding carboxylic acids is 1. The number of hydrogen-bond donors (Lipinski definition) is 0. The number of fused-ring (bicyclic) bond motifs is 1. The molecular weight excluding hydrogens is 202 g/mol. The Bertz CT molecular complexity index is 220. The SMILES string of the molecule is O=C(CCl)N1CCO[C@@H]2CCCC[C@@H]21. The zero-order valence-corrected chi connectivity index (χ0v) is 9.00. The summed E-state index contributed by atoms with van der Waals surface area (Å²) in [5.41, 5.74) is 0. The number of ether oxygens (including phenoxy) is 1. The van der Waals surface area contributed by atoms with E-state index in [9.17, 15) is 4.79 Å². The quantitative estimate of drug-likeness (QED) is 0.622. The first-order chi connectivity index (χ1) is 6.83. The highest BCUT2D eigenvalue weighted by atomic mass is 35.5. The Kier molecular flexibility index (Phi) is 3.29. The van der Waals surface area contributed by atoms with Gasteiger partial charge in [0.15, 0.2) is 0 Å². The van der Waals surface area contributed by atoms with Gasteiger partial charge in [-0.3, -0.25) is 4.79 Å². The van der Waals surface area contributed by atoms with E-state index in [2.05, 4.69) is 0 Å². The van der Waals surface area contributed by atoms with E-state index in [4.69, 9.17) is 16.3 Å². The fourth-order valence-corrected chi connectivity index (χ4v) is 2.64. The minimum Gasteiger partial charge on any atom is -0.374 e. The molecule has 80 valence electrons. The molecule has 2 atom stereocenters. The van der Waals surface area contributed by atoms with Crippen molar-refractivity contribution >= 4 is 17.5 Å². The second-order valence-corrected chi connectivity index (χ2v) is 4.25. The van der Waals surface area contributed by atoms with E-state index in [1.165, 1.54) is 12.8 Å². The lowest BCUT2D eigenvalue weighted by Gasteiger charge is -2.43. The van der Waals surface area contributed by atoms with Crippen molar-refractivity contribution in [2.75, 3.05) is 19.0 Å². The van der Waals surface area contributed by atoms with Gasteiger partial charge in [-0.2, -0.15) is 0 Å². The second kappa shape index (κ2) is 4.49. The van der Waals surface area contributed by atoms with Gasteiger partial charge >= 0.3 is 0 Å². The van der Waals surface area contributed by atoms with Crippen LogP contribution in [0.2, 0.25) is 0 Å². The Balaban J connectivity index is 2.04. The summed E-state index contributed by atoms with van der Waals surface area (Å²) in [5.74, 6) is 0.162. The van der Waals surface area contributed by atoms with Crippen molar-refractivity contribution in [1.82, 2.24) is 4.90 Å². The Hall–Kier alpha value is -0.280. The van der Waals surface area contributed by atoms with Crippen molar-refractivity contribution in [2.45, 2.75) is 37.8 Å². The van der Waals surface area contributed by atoms with Gasteiger partial charge in [-0.25, -0.2) is 0 Å². The van der Waals surface area contributed by atoms with Crippen molar-refractivity contribution in [3.8, 4) is 0 Å². The zero-order chi connectivity index (χ0) is 9.97. The molecule has 1 amide bonds. The fourth-order valence-electron chi connectivity index (χ4n) is 2.48. The van der Waals surface area contributed by atoms with Crippen LogP contribution >= 0.6 is 11.6 Å². The summed E-state index contributed by atoms with van der Waals surface area (Å²) in [5, 5.41) is 0. The van der Waals surface area contributed by atoms with E-state index in [1.807, 2.05) is 4.90 Å². The molecule has 4 heteroatoms. The number of morpholine rings is 1. The maximum Gasteiger partial charge on any atom is 0.237 e. The molecular formula is C10H16ClNO2. The molecule has 2 rings (SSSR count). The lowest BCUT2D eigenvalue weighted by molar-refractivity contribution is -0.146. The van der Waals surface area contributed by atoms with E-state index >= 15 is 0 Å². The number of hydrogen-bond acceptors (Lipinski definition) is 2. The molecule has 0 unspecified atom stereocenters. The molecule has 14 heavy (non-hydrogen) atoms. The molecule has 2 aliphatic rings. The number of alkyl halides is 1. The molecule has 0 aromatic heterocycles. The molecule has 1 aliphatic carbocycles. The van der Waals surface area contributed by atoms with Gasteiger partial charge in [-0.05, 0) is 12.8 Å². The maximum atomic E-state index is 11.6. The van der Waals surface area contributed by atoms with Crippen molar-refractivity contribution in [1.29, 1.82) is 0 Å². The van der Waals surface area contributed by atoms with Crippen molar-refractivity contribution < 1.29 is 9.53 Å². The van der Waals surface area contributed by atoms with Gasteiger partial charge in [0.25, 0.3) is 0 Å². The first-order valence-corrected chi connectivity index (χ1v) is 5.83. The average Bonchev–Trinajstić information content (AvgIpc) is 2.27. The molecule has 1 aliphatic heterocycles. The fraction of sp³-hybridized carbons (Fsp3) is 0.900. The largest absolute Gasteiger partial charge is 0.374 e. The molecule has 1 saturated heterocycles. The third kappa shape index (κ3) is 1.89. The highest BCUT2D eigenvalue weighted by molar-refractivity contribution is 6.27. The number of halogens is 1. The van der Waals surface area contributed by atoms with E-state index < -0.39 is 0 Å². The first kappa shape index (κ1) is 10.2. The monoisotopic (exact) mass is 217 g/mol. The standard InChI is InChI=1S/C10H16ClNO2/c11-7-10(13)12-5-6-14-9-4-2-1-3-8(9)12/h8-9H,1-7H2/t8-,9+/m0/s1. The number of carbonyl (C=O) groups is 1. The zero-order valence-electron chi connectivity index (χ0n) is 8.25. The molecule has 0 radical (unpaired) electrons. The highest BCUT2D eigenvalue weighted by Crippen LogP contribution is 2.28. The molecule has 3 nitrogen and oxygen atoms in total. The number of nitrogens with zero attached hydrogens (tertiary/aromatic N) is 1. The van der Waals surface area contributed by atoms with E-state index in [0.29, 0.717) is 19.2 Å². The summed E-state index contributed by atoms with van der Waals surface area (Å²) in [6, 6.07) is 0.295. The third-order valence-electron chi connectivity index (χ3n) is 3.17. The molecule has 0 aromatic carbocycles. The van der Waals surface area contributed by atoms with E-state index in [-0.39, 0.29) is 17.9 Å². The van der Waals surface area contributed by atoms with E-state index in [1.54, 1.807) is 0 Å². The van der Waals surface area contributed by atoms with Gasteiger partial charge in [0.1, 0.15) is 5.88 Å². The van der Waals surface area contributed by atoms with Crippen LogP contribution in [0.5, 0.6) is 0 Å². The van der Waals surface area contributed by atoms with Gasteiger partial charge in [0, 0.05) is 6.54 Å².